The largest absolute Gasteiger partial charge is 0.372 e. The van der Waals surface area contributed by atoms with Crippen molar-refractivity contribution < 1.29 is 5.11 Å². The molecule has 0 amide bonds. The minimum atomic E-state index is -0.978. The summed E-state index contributed by atoms with van der Waals surface area (Å²) >= 11 is 0. The third-order valence-electron chi connectivity index (χ3n) is 1.71. The minimum absolute atomic E-state index is 0.766. The first-order chi connectivity index (χ1) is 5.17. The van der Waals surface area contributed by atoms with Crippen molar-refractivity contribution >= 4 is 0 Å². The molecule has 1 atom stereocenters. The lowest BCUT2D eigenvalue weighted by atomic mass is 10.1. The summed E-state index contributed by atoms with van der Waals surface area (Å²) in [6.45, 7) is 1.68. The molecule has 0 radical (unpaired) electrons. The van der Waals surface area contributed by atoms with Gasteiger partial charge in [-0.1, -0.05) is 6.07 Å². The fraction of sp³-hybridized carbons (Fsp3) is 0.375. The highest BCUT2D eigenvalue weighted by Gasteiger charge is 2.19. The van der Waals surface area contributed by atoms with E-state index >= 15 is 0 Å². The van der Waals surface area contributed by atoms with E-state index in [1.165, 1.54) is 0 Å². The van der Waals surface area contributed by atoms with Crippen LogP contribution in [0.25, 0.3) is 0 Å². The molecule has 0 spiro atoms. The van der Waals surface area contributed by atoms with Gasteiger partial charge in [0.15, 0.2) is 0 Å². The standard InChI is InChI=1S/C8H12N2O/c1-8(11,9-2)7-4-3-5-10-6-7/h3-6,9,11H,1-2H3. The molecule has 1 rings (SSSR count). The lowest BCUT2D eigenvalue weighted by molar-refractivity contribution is 0.0279. The van der Waals surface area contributed by atoms with Crippen LogP contribution in [0.2, 0.25) is 0 Å². The fourth-order valence-electron chi connectivity index (χ4n) is 0.795. The zero-order chi connectivity index (χ0) is 8.32. The van der Waals surface area contributed by atoms with Crippen LogP contribution in [0.5, 0.6) is 0 Å². The van der Waals surface area contributed by atoms with Crippen molar-refractivity contribution in [3.05, 3.63) is 30.1 Å². The first kappa shape index (κ1) is 8.17. The third kappa shape index (κ3) is 1.76. The SMILES string of the molecule is CNC(C)(O)c1cccnc1. The second-order valence-corrected chi connectivity index (χ2v) is 2.56. The quantitative estimate of drug-likeness (QED) is 0.605. The number of aliphatic hydroxyl groups is 1. The van der Waals surface area contributed by atoms with Gasteiger partial charge in [0.05, 0.1) is 0 Å². The molecule has 0 aromatic carbocycles. The van der Waals surface area contributed by atoms with Gasteiger partial charge >= 0.3 is 0 Å². The molecule has 0 aliphatic rings. The Bertz CT molecular complexity index is 221. The summed E-state index contributed by atoms with van der Waals surface area (Å²) in [7, 11) is 1.70. The highest BCUT2D eigenvalue weighted by molar-refractivity contribution is 5.15. The summed E-state index contributed by atoms with van der Waals surface area (Å²) in [6, 6.07) is 3.62. The Morgan fingerprint density at radius 2 is 2.36 bits per heavy atom. The van der Waals surface area contributed by atoms with Gasteiger partial charge in [-0.3, -0.25) is 10.3 Å². The molecule has 3 heteroatoms. The van der Waals surface area contributed by atoms with E-state index < -0.39 is 5.72 Å². The Morgan fingerprint density at radius 1 is 1.64 bits per heavy atom. The van der Waals surface area contributed by atoms with Crippen LogP contribution in [0, 0.1) is 0 Å². The van der Waals surface area contributed by atoms with E-state index in [1.807, 2.05) is 6.07 Å². The molecule has 1 heterocycles. The van der Waals surface area contributed by atoms with E-state index in [-0.39, 0.29) is 0 Å². The average Bonchev–Trinajstić information content (AvgIpc) is 2.06. The summed E-state index contributed by atoms with van der Waals surface area (Å²) < 4.78 is 0. The highest BCUT2D eigenvalue weighted by atomic mass is 16.3. The van der Waals surface area contributed by atoms with Crippen molar-refractivity contribution in [2.75, 3.05) is 7.05 Å². The molecule has 3 nitrogen and oxygen atoms in total. The van der Waals surface area contributed by atoms with Gasteiger partial charge in [0.2, 0.25) is 0 Å². The molecule has 60 valence electrons. The Balaban J connectivity index is 2.93. The van der Waals surface area contributed by atoms with Gasteiger partial charge in [-0.2, -0.15) is 0 Å². The minimum Gasteiger partial charge on any atom is -0.372 e. The Morgan fingerprint density at radius 3 is 2.82 bits per heavy atom. The van der Waals surface area contributed by atoms with Crippen molar-refractivity contribution in [1.29, 1.82) is 0 Å². The Hall–Kier alpha value is -0.930. The smallest absolute Gasteiger partial charge is 0.140 e. The molecule has 0 aliphatic heterocycles. The van der Waals surface area contributed by atoms with Crippen LogP contribution in [-0.4, -0.2) is 17.1 Å². The molecule has 0 saturated carbocycles. The summed E-state index contributed by atoms with van der Waals surface area (Å²) in [6.07, 6.45) is 3.31. The number of pyridine rings is 1. The normalized spacial score (nSPS) is 15.9. The molecule has 1 aromatic rings. The van der Waals surface area contributed by atoms with E-state index in [9.17, 15) is 5.11 Å². The van der Waals surface area contributed by atoms with E-state index in [0.717, 1.165) is 5.56 Å². The van der Waals surface area contributed by atoms with Gasteiger partial charge in [0, 0.05) is 18.0 Å². The topological polar surface area (TPSA) is 45.1 Å². The number of nitrogens with zero attached hydrogens (tertiary/aromatic N) is 1. The van der Waals surface area contributed by atoms with Crippen molar-refractivity contribution in [3.63, 3.8) is 0 Å². The van der Waals surface area contributed by atoms with Crippen LogP contribution in [0.15, 0.2) is 24.5 Å². The first-order valence-corrected chi connectivity index (χ1v) is 3.48. The monoisotopic (exact) mass is 152 g/mol. The van der Waals surface area contributed by atoms with Gasteiger partial charge in [-0.05, 0) is 20.0 Å². The predicted octanol–water partition coefficient (Wildman–Crippen LogP) is 0.466. The zero-order valence-electron chi connectivity index (χ0n) is 6.70. The molecule has 1 unspecified atom stereocenters. The molecule has 11 heavy (non-hydrogen) atoms. The lowest BCUT2D eigenvalue weighted by Gasteiger charge is -2.21. The van der Waals surface area contributed by atoms with Crippen LogP contribution in [0.4, 0.5) is 0 Å². The summed E-state index contributed by atoms with van der Waals surface area (Å²) in [5.41, 5.74) is -0.212. The number of rotatable bonds is 2. The summed E-state index contributed by atoms with van der Waals surface area (Å²) in [4.78, 5) is 3.90. The zero-order valence-corrected chi connectivity index (χ0v) is 6.70. The van der Waals surface area contributed by atoms with Crippen LogP contribution in [0.3, 0.4) is 0 Å². The summed E-state index contributed by atoms with van der Waals surface area (Å²) in [5, 5.41) is 12.4. The fourth-order valence-corrected chi connectivity index (χ4v) is 0.795. The van der Waals surface area contributed by atoms with Gasteiger partial charge in [-0.25, -0.2) is 0 Å². The molecule has 0 aliphatic carbocycles. The number of hydrogen-bond donors (Lipinski definition) is 2. The lowest BCUT2D eigenvalue weighted by Crippen LogP contribution is -2.36. The van der Waals surface area contributed by atoms with Crippen molar-refractivity contribution in [2.24, 2.45) is 0 Å². The maximum atomic E-state index is 9.64. The maximum absolute atomic E-state index is 9.64. The summed E-state index contributed by atoms with van der Waals surface area (Å²) in [5.74, 6) is 0. The van der Waals surface area contributed by atoms with Gasteiger partial charge < -0.3 is 5.11 Å². The second kappa shape index (κ2) is 2.98. The van der Waals surface area contributed by atoms with Gasteiger partial charge in [0.25, 0.3) is 0 Å². The molecular weight excluding hydrogens is 140 g/mol. The number of nitrogens with one attached hydrogen (secondary N) is 1. The van der Waals surface area contributed by atoms with Crippen molar-refractivity contribution in [1.82, 2.24) is 10.3 Å². The molecule has 0 saturated heterocycles. The predicted molar refractivity (Wildman–Crippen MR) is 42.9 cm³/mol. The highest BCUT2D eigenvalue weighted by Crippen LogP contribution is 2.13. The van der Waals surface area contributed by atoms with E-state index in [0.29, 0.717) is 0 Å². The van der Waals surface area contributed by atoms with Crippen molar-refractivity contribution in [2.45, 2.75) is 12.6 Å². The number of aromatic nitrogens is 1. The van der Waals surface area contributed by atoms with Crippen LogP contribution < -0.4 is 5.32 Å². The molecule has 1 aromatic heterocycles. The van der Waals surface area contributed by atoms with Gasteiger partial charge in [0.1, 0.15) is 5.72 Å². The van der Waals surface area contributed by atoms with Crippen LogP contribution in [0.1, 0.15) is 12.5 Å². The van der Waals surface area contributed by atoms with Gasteiger partial charge in [-0.15, -0.1) is 0 Å². The maximum Gasteiger partial charge on any atom is 0.140 e. The van der Waals surface area contributed by atoms with E-state index in [2.05, 4.69) is 10.3 Å². The van der Waals surface area contributed by atoms with E-state index in [4.69, 9.17) is 0 Å². The average molecular weight is 152 g/mol. The molecule has 2 N–H and O–H groups in total. The second-order valence-electron chi connectivity index (χ2n) is 2.56. The van der Waals surface area contributed by atoms with E-state index in [1.54, 1.807) is 32.4 Å². The first-order valence-electron chi connectivity index (χ1n) is 3.48. The Labute approximate surface area is 66.1 Å². The molecular formula is C8H12N2O. The van der Waals surface area contributed by atoms with Crippen LogP contribution in [-0.2, 0) is 5.72 Å². The third-order valence-corrected chi connectivity index (χ3v) is 1.71. The number of hydrogen-bond acceptors (Lipinski definition) is 3. The Kier molecular flexibility index (Phi) is 2.22. The molecule has 0 fully saturated rings. The molecule has 0 bridgehead atoms. The van der Waals surface area contributed by atoms with Crippen molar-refractivity contribution in [3.8, 4) is 0 Å². The van der Waals surface area contributed by atoms with Crippen LogP contribution >= 0.6 is 0 Å².